The molecule has 0 bridgehead atoms. The van der Waals surface area contributed by atoms with Gasteiger partial charge in [-0.3, -0.25) is 4.98 Å². The molecule has 2 aromatic rings. The van der Waals surface area contributed by atoms with Crippen LogP contribution in [0, 0.1) is 20.8 Å². The molecule has 0 amide bonds. The third-order valence-corrected chi connectivity index (χ3v) is 3.16. The lowest BCUT2D eigenvalue weighted by Gasteiger charge is -2.08. The fraction of sp³-hybridized carbons (Fsp3) is 0.250. The second-order valence-corrected chi connectivity index (χ2v) is 4.03. The van der Waals surface area contributed by atoms with E-state index in [0.717, 1.165) is 21.5 Å². The Bertz CT molecular complexity index is 460. The average molecular weight is 206 g/mol. The molecule has 0 aliphatic carbocycles. The van der Waals surface area contributed by atoms with Crippen molar-refractivity contribution in [3.05, 3.63) is 40.0 Å². The van der Waals surface area contributed by atoms with Crippen LogP contribution in [-0.2, 0) is 0 Å². The second kappa shape index (κ2) is 3.25. The highest BCUT2D eigenvalue weighted by atomic mass is 35.5. The van der Waals surface area contributed by atoms with Gasteiger partial charge in [0.25, 0.3) is 0 Å². The van der Waals surface area contributed by atoms with Crippen molar-refractivity contribution in [2.24, 2.45) is 0 Å². The van der Waals surface area contributed by atoms with E-state index in [4.69, 9.17) is 11.6 Å². The maximum atomic E-state index is 6.26. The largest absolute Gasteiger partial charge is 0.256 e. The zero-order valence-electron chi connectivity index (χ0n) is 8.56. The van der Waals surface area contributed by atoms with Crippen molar-refractivity contribution in [2.75, 3.05) is 0 Å². The van der Waals surface area contributed by atoms with Gasteiger partial charge >= 0.3 is 0 Å². The highest BCUT2D eigenvalue weighted by Gasteiger charge is 2.07. The number of fused-ring (bicyclic) bond motifs is 1. The molecule has 0 saturated heterocycles. The molecule has 2 heteroatoms. The minimum absolute atomic E-state index is 0.830. The van der Waals surface area contributed by atoms with Gasteiger partial charge < -0.3 is 0 Å². The molecule has 0 fully saturated rings. The molecule has 0 N–H and O–H groups in total. The van der Waals surface area contributed by atoms with Crippen molar-refractivity contribution in [3.8, 4) is 0 Å². The van der Waals surface area contributed by atoms with Crippen LogP contribution in [0.25, 0.3) is 10.9 Å². The van der Waals surface area contributed by atoms with Gasteiger partial charge in [0.1, 0.15) is 0 Å². The van der Waals surface area contributed by atoms with Crippen molar-refractivity contribution >= 4 is 22.5 Å². The SMILES string of the molecule is Cc1ccc2ncc(C)c(Cl)c2c1C. The monoisotopic (exact) mass is 205 g/mol. The van der Waals surface area contributed by atoms with Gasteiger partial charge in [0.15, 0.2) is 0 Å². The first kappa shape index (κ1) is 9.47. The molecule has 0 aliphatic heterocycles. The molecule has 1 aromatic heterocycles. The highest BCUT2D eigenvalue weighted by Crippen LogP contribution is 2.29. The van der Waals surface area contributed by atoms with Crippen LogP contribution in [0.15, 0.2) is 18.3 Å². The summed E-state index contributed by atoms with van der Waals surface area (Å²) >= 11 is 6.26. The Morgan fingerprint density at radius 2 is 1.79 bits per heavy atom. The zero-order chi connectivity index (χ0) is 10.3. The van der Waals surface area contributed by atoms with Gasteiger partial charge in [0.2, 0.25) is 0 Å². The van der Waals surface area contributed by atoms with E-state index < -0.39 is 0 Å². The normalized spacial score (nSPS) is 10.9. The molecule has 0 unspecified atom stereocenters. The van der Waals surface area contributed by atoms with Crippen LogP contribution in [0.4, 0.5) is 0 Å². The summed E-state index contributed by atoms with van der Waals surface area (Å²) in [6, 6.07) is 4.10. The second-order valence-electron chi connectivity index (χ2n) is 3.66. The summed E-state index contributed by atoms with van der Waals surface area (Å²) in [5, 5.41) is 1.92. The van der Waals surface area contributed by atoms with Crippen molar-refractivity contribution in [1.82, 2.24) is 4.98 Å². The number of pyridine rings is 1. The topological polar surface area (TPSA) is 12.9 Å². The van der Waals surface area contributed by atoms with E-state index in [1.807, 2.05) is 19.2 Å². The summed E-state index contributed by atoms with van der Waals surface area (Å²) in [6.45, 7) is 6.16. The van der Waals surface area contributed by atoms with Gasteiger partial charge in [-0.25, -0.2) is 0 Å². The molecule has 72 valence electrons. The van der Waals surface area contributed by atoms with Crippen LogP contribution in [0.2, 0.25) is 5.02 Å². The van der Waals surface area contributed by atoms with E-state index in [9.17, 15) is 0 Å². The van der Waals surface area contributed by atoms with Crippen molar-refractivity contribution in [1.29, 1.82) is 0 Å². The van der Waals surface area contributed by atoms with Gasteiger partial charge in [0, 0.05) is 11.6 Å². The molecule has 1 heterocycles. The molecule has 0 atom stereocenters. The Hall–Kier alpha value is -1.08. The van der Waals surface area contributed by atoms with Gasteiger partial charge in [-0.1, -0.05) is 17.7 Å². The van der Waals surface area contributed by atoms with E-state index in [1.54, 1.807) is 0 Å². The molecule has 2 rings (SSSR count). The Morgan fingerprint density at radius 3 is 2.50 bits per heavy atom. The zero-order valence-corrected chi connectivity index (χ0v) is 9.31. The molecular formula is C12H12ClN. The lowest BCUT2D eigenvalue weighted by molar-refractivity contribution is 1.30. The minimum Gasteiger partial charge on any atom is -0.256 e. The van der Waals surface area contributed by atoms with Crippen molar-refractivity contribution < 1.29 is 0 Å². The third-order valence-electron chi connectivity index (χ3n) is 2.68. The molecule has 0 saturated carbocycles. The average Bonchev–Trinajstić information content (AvgIpc) is 2.17. The fourth-order valence-corrected chi connectivity index (χ4v) is 1.89. The highest BCUT2D eigenvalue weighted by molar-refractivity contribution is 6.36. The number of halogens is 1. The number of aryl methyl sites for hydroxylation is 3. The maximum Gasteiger partial charge on any atom is 0.0720 e. The summed E-state index contributed by atoms with van der Waals surface area (Å²) in [6.07, 6.45) is 1.82. The van der Waals surface area contributed by atoms with Gasteiger partial charge in [-0.2, -0.15) is 0 Å². The Balaban J connectivity index is 2.98. The molecule has 1 nitrogen and oxygen atoms in total. The lowest BCUT2D eigenvalue weighted by atomic mass is 10.0. The molecule has 0 aliphatic rings. The number of aromatic nitrogens is 1. The third kappa shape index (κ3) is 1.28. The summed E-state index contributed by atoms with van der Waals surface area (Å²) in [5.41, 5.74) is 4.49. The van der Waals surface area contributed by atoms with Gasteiger partial charge in [0.05, 0.1) is 10.5 Å². The van der Waals surface area contributed by atoms with Crippen LogP contribution in [-0.4, -0.2) is 4.98 Å². The van der Waals surface area contributed by atoms with Gasteiger partial charge in [-0.15, -0.1) is 0 Å². The van der Waals surface area contributed by atoms with E-state index in [1.165, 1.54) is 11.1 Å². The standard InChI is InChI=1S/C12H12ClN/c1-7-4-5-10-11(9(7)3)12(13)8(2)6-14-10/h4-6H,1-3H3. The van der Waals surface area contributed by atoms with Gasteiger partial charge in [-0.05, 0) is 43.5 Å². The van der Waals surface area contributed by atoms with Crippen LogP contribution in [0.5, 0.6) is 0 Å². The Labute approximate surface area is 88.7 Å². The molecule has 14 heavy (non-hydrogen) atoms. The quantitative estimate of drug-likeness (QED) is 0.637. The summed E-state index contributed by atoms with van der Waals surface area (Å²) < 4.78 is 0. The molecular weight excluding hydrogens is 194 g/mol. The Kier molecular flexibility index (Phi) is 2.20. The van der Waals surface area contributed by atoms with E-state index >= 15 is 0 Å². The number of hydrogen-bond acceptors (Lipinski definition) is 1. The predicted molar refractivity (Wildman–Crippen MR) is 61.0 cm³/mol. The number of benzene rings is 1. The predicted octanol–water partition coefficient (Wildman–Crippen LogP) is 3.81. The minimum atomic E-state index is 0.830. The van der Waals surface area contributed by atoms with Crippen LogP contribution < -0.4 is 0 Å². The smallest absolute Gasteiger partial charge is 0.0720 e. The fourth-order valence-electron chi connectivity index (χ4n) is 1.61. The summed E-state index contributed by atoms with van der Waals surface area (Å²) in [4.78, 5) is 4.36. The first-order chi connectivity index (χ1) is 6.61. The van der Waals surface area contributed by atoms with Crippen molar-refractivity contribution in [3.63, 3.8) is 0 Å². The number of nitrogens with zero attached hydrogens (tertiary/aromatic N) is 1. The van der Waals surface area contributed by atoms with Crippen LogP contribution in [0.3, 0.4) is 0 Å². The first-order valence-corrected chi connectivity index (χ1v) is 5.00. The van der Waals surface area contributed by atoms with Crippen molar-refractivity contribution in [2.45, 2.75) is 20.8 Å². The molecule has 1 aromatic carbocycles. The van der Waals surface area contributed by atoms with Crippen LogP contribution in [0.1, 0.15) is 16.7 Å². The first-order valence-electron chi connectivity index (χ1n) is 4.62. The van der Waals surface area contributed by atoms with Crippen LogP contribution >= 0.6 is 11.6 Å². The Morgan fingerprint density at radius 1 is 1.07 bits per heavy atom. The number of hydrogen-bond donors (Lipinski definition) is 0. The summed E-state index contributed by atoms with van der Waals surface area (Å²) in [7, 11) is 0. The molecule has 0 radical (unpaired) electrons. The number of rotatable bonds is 0. The maximum absolute atomic E-state index is 6.26. The van der Waals surface area contributed by atoms with E-state index in [2.05, 4.69) is 24.9 Å². The summed E-state index contributed by atoms with van der Waals surface area (Å²) in [5.74, 6) is 0. The lowest BCUT2D eigenvalue weighted by Crippen LogP contribution is -1.89. The van der Waals surface area contributed by atoms with E-state index in [0.29, 0.717) is 0 Å². The molecule has 0 spiro atoms. The van der Waals surface area contributed by atoms with E-state index in [-0.39, 0.29) is 0 Å².